The highest BCUT2D eigenvalue weighted by atomic mass is 16.4. The smallest absolute Gasteiger partial charge is 0.335 e. The number of carboxylic acids is 1. The zero-order valence-corrected chi connectivity index (χ0v) is 11.2. The van der Waals surface area contributed by atoms with E-state index in [4.69, 9.17) is 13.9 Å². The highest BCUT2D eigenvalue weighted by molar-refractivity contribution is 5.88. The summed E-state index contributed by atoms with van der Waals surface area (Å²) in [5.41, 5.74) is 0.859. The molecule has 3 aromatic rings. The van der Waals surface area contributed by atoms with Crippen molar-refractivity contribution in [2.24, 2.45) is 0 Å². The first-order chi connectivity index (χ1) is 10.2. The number of nitrogens with zero attached hydrogens (tertiary/aromatic N) is 2. The Morgan fingerprint density at radius 3 is 2.38 bits per heavy atom. The number of benzene rings is 1. The van der Waals surface area contributed by atoms with Crippen LogP contribution in [0.4, 0.5) is 0 Å². The first-order valence-corrected chi connectivity index (χ1v) is 6.43. The molecule has 21 heavy (non-hydrogen) atoms. The summed E-state index contributed by atoms with van der Waals surface area (Å²) in [6.07, 6.45) is 0.789. The lowest BCUT2D eigenvalue weighted by molar-refractivity contribution is 0.0697. The van der Waals surface area contributed by atoms with Gasteiger partial charge in [0, 0.05) is 12.0 Å². The van der Waals surface area contributed by atoms with Crippen molar-refractivity contribution in [1.82, 2.24) is 10.2 Å². The van der Waals surface area contributed by atoms with Gasteiger partial charge in [-0.1, -0.05) is 6.92 Å². The zero-order valence-electron chi connectivity index (χ0n) is 11.2. The van der Waals surface area contributed by atoms with Crippen molar-refractivity contribution in [2.75, 3.05) is 0 Å². The van der Waals surface area contributed by atoms with Crippen LogP contribution in [0.3, 0.4) is 0 Å². The van der Waals surface area contributed by atoms with Gasteiger partial charge in [0.25, 0.3) is 5.89 Å². The van der Waals surface area contributed by atoms with Crippen LogP contribution < -0.4 is 0 Å². The molecule has 0 spiro atoms. The van der Waals surface area contributed by atoms with Gasteiger partial charge in [-0.05, 0) is 36.4 Å². The maximum atomic E-state index is 10.8. The van der Waals surface area contributed by atoms with Gasteiger partial charge in [-0.25, -0.2) is 4.79 Å². The number of carbonyl (C=O) groups is 1. The van der Waals surface area contributed by atoms with E-state index in [1.54, 1.807) is 18.2 Å². The SMILES string of the molecule is CCc1ccc(-c2nnc(-c3ccc(C(=O)O)cc3)o2)o1. The Kier molecular flexibility index (Phi) is 3.27. The Balaban J connectivity index is 1.88. The maximum absolute atomic E-state index is 10.8. The Morgan fingerprint density at radius 1 is 1.05 bits per heavy atom. The second-order valence-corrected chi connectivity index (χ2v) is 4.41. The van der Waals surface area contributed by atoms with Crippen LogP contribution in [0.1, 0.15) is 23.0 Å². The van der Waals surface area contributed by atoms with Crippen molar-refractivity contribution in [1.29, 1.82) is 0 Å². The second kappa shape index (κ2) is 5.24. The van der Waals surface area contributed by atoms with E-state index in [-0.39, 0.29) is 5.56 Å². The molecule has 0 saturated carbocycles. The third-order valence-electron chi connectivity index (χ3n) is 3.02. The minimum Gasteiger partial charge on any atom is -0.478 e. The quantitative estimate of drug-likeness (QED) is 0.790. The molecule has 0 bridgehead atoms. The van der Waals surface area contributed by atoms with E-state index in [1.165, 1.54) is 12.1 Å². The third-order valence-corrected chi connectivity index (χ3v) is 3.02. The van der Waals surface area contributed by atoms with Crippen molar-refractivity contribution < 1.29 is 18.7 Å². The van der Waals surface area contributed by atoms with Gasteiger partial charge in [0.1, 0.15) is 5.76 Å². The molecule has 0 fully saturated rings. The first-order valence-electron chi connectivity index (χ1n) is 6.43. The summed E-state index contributed by atoms with van der Waals surface area (Å²) >= 11 is 0. The molecule has 2 heterocycles. The van der Waals surface area contributed by atoms with E-state index in [2.05, 4.69) is 10.2 Å². The lowest BCUT2D eigenvalue weighted by Gasteiger charge is -1.96. The number of aryl methyl sites for hydroxylation is 1. The summed E-state index contributed by atoms with van der Waals surface area (Å²) in [5.74, 6) is 1.00. The normalized spacial score (nSPS) is 10.7. The first kappa shape index (κ1) is 13.1. The fraction of sp³-hybridized carbons (Fsp3) is 0.133. The van der Waals surface area contributed by atoms with Gasteiger partial charge in [-0.2, -0.15) is 0 Å². The largest absolute Gasteiger partial charge is 0.478 e. The molecule has 0 atom stereocenters. The molecule has 1 aromatic carbocycles. The highest BCUT2D eigenvalue weighted by Crippen LogP contribution is 2.25. The summed E-state index contributed by atoms with van der Waals surface area (Å²) < 4.78 is 11.1. The van der Waals surface area contributed by atoms with E-state index < -0.39 is 5.97 Å². The monoisotopic (exact) mass is 284 g/mol. The predicted molar refractivity (Wildman–Crippen MR) is 73.8 cm³/mol. The maximum Gasteiger partial charge on any atom is 0.335 e. The van der Waals surface area contributed by atoms with Crippen molar-refractivity contribution in [3.8, 4) is 23.1 Å². The summed E-state index contributed by atoms with van der Waals surface area (Å²) in [7, 11) is 0. The molecule has 0 aliphatic carbocycles. The standard InChI is InChI=1S/C15H12N2O4/c1-2-11-7-8-12(20-11)14-17-16-13(21-14)9-3-5-10(6-4-9)15(18)19/h3-8H,2H2,1H3,(H,18,19). The third kappa shape index (κ3) is 2.55. The van der Waals surface area contributed by atoms with Crippen molar-refractivity contribution >= 4 is 5.97 Å². The molecule has 0 aliphatic rings. The molecule has 0 amide bonds. The van der Waals surface area contributed by atoms with Gasteiger partial charge in [0.05, 0.1) is 5.56 Å². The van der Waals surface area contributed by atoms with Gasteiger partial charge in [0.2, 0.25) is 5.89 Å². The van der Waals surface area contributed by atoms with Crippen LogP contribution in [0.15, 0.2) is 45.2 Å². The molecule has 0 unspecified atom stereocenters. The van der Waals surface area contributed by atoms with Crippen LogP contribution in [0.2, 0.25) is 0 Å². The number of furan rings is 1. The molecule has 2 aromatic heterocycles. The van der Waals surface area contributed by atoms with Crippen LogP contribution in [-0.4, -0.2) is 21.3 Å². The molecule has 106 valence electrons. The number of hydrogen-bond donors (Lipinski definition) is 1. The number of rotatable bonds is 4. The lowest BCUT2D eigenvalue weighted by atomic mass is 10.1. The highest BCUT2D eigenvalue weighted by Gasteiger charge is 2.14. The summed E-state index contributed by atoms with van der Waals surface area (Å²) in [6.45, 7) is 1.99. The van der Waals surface area contributed by atoms with Crippen LogP contribution in [0.5, 0.6) is 0 Å². The Morgan fingerprint density at radius 2 is 1.76 bits per heavy atom. The average molecular weight is 284 g/mol. The van der Waals surface area contributed by atoms with Crippen LogP contribution in [-0.2, 0) is 6.42 Å². The second-order valence-electron chi connectivity index (χ2n) is 4.41. The van der Waals surface area contributed by atoms with Gasteiger partial charge >= 0.3 is 5.97 Å². The molecule has 0 saturated heterocycles. The number of carboxylic acid groups (broad SMARTS) is 1. The summed E-state index contributed by atoms with van der Waals surface area (Å²) in [4.78, 5) is 10.8. The topological polar surface area (TPSA) is 89.4 Å². The molecular formula is C15H12N2O4. The van der Waals surface area contributed by atoms with Gasteiger partial charge in [0.15, 0.2) is 5.76 Å². The van der Waals surface area contributed by atoms with Crippen molar-refractivity contribution in [2.45, 2.75) is 13.3 Å². The molecule has 3 rings (SSSR count). The van der Waals surface area contributed by atoms with Gasteiger partial charge in [-0.3, -0.25) is 0 Å². The molecule has 1 N–H and O–H groups in total. The summed E-state index contributed by atoms with van der Waals surface area (Å²) in [6, 6.07) is 9.87. The van der Waals surface area contributed by atoms with Gasteiger partial charge in [-0.15, -0.1) is 10.2 Å². The van der Waals surface area contributed by atoms with Crippen molar-refractivity contribution in [3.05, 3.63) is 47.7 Å². The van der Waals surface area contributed by atoms with E-state index in [0.29, 0.717) is 23.1 Å². The Labute approximate surface area is 120 Å². The Bertz CT molecular complexity index is 771. The lowest BCUT2D eigenvalue weighted by Crippen LogP contribution is -1.94. The van der Waals surface area contributed by atoms with E-state index >= 15 is 0 Å². The molecule has 6 heteroatoms. The van der Waals surface area contributed by atoms with Crippen molar-refractivity contribution in [3.63, 3.8) is 0 Å². The minimum absolute atomic E-state index is 0.206. The van der Waals surface area contributed by atoms with E-state index in [0.717, 1.165) is 12.2 Å². The molecular weight excluding hydrogens is 272 g/mol. The van der Waals surface area contributed by atoms with E-state index in [9.17, 15) is 4.79 Å². The van der Waals surface area contributed by atoms with Crippen LogP contribution in [0.25, 0.3) is 23.1 Å². The Hall–Kier alpha value is -2.89. The predicted octanol–water partition coefficient (Wildman–Crippen LogP) is 3.26. The minimum atomic E-state index is -0.976. The molecule has 0 aliphatic heterocycles. The average Bonchev–Trinajstić information content (AvgIpc) is 3.16. The van der Waals surface area contributed by atoms with Crippen LogP contribution >= 0.6 is 0 Å². The van der Waals surface area contributed by atoms with E-state index in [1.807, 2.05) is 13.0 Å². The summed E-state index contributed by atoms with van der Waals surface area (Å²) in [5, 5.41) is 16.8. The number of aromatic nitrogens is 2. The molecule has 0 radical (unpaired) electrons. The zero-order chi connectivity index (χ0) is 14.8. The fourth-order valence-corrected chi connectivity index (χ4v) is 1.88. The molecule has 6 nitrogen and oxygen atoms in total. The fourth-order valence-electron chi connectivity index (χ4n) is 1.88. The van der Waals surface area contributed by atoms with Crippen LogP contribution in [0, 0.1) is 0 Å². The van der Waals surface area contributed by atoms with Gasteiger partial charge < -0.3 is 13.9 Å². The number of hydrogen-bond acceptors (Lipinski definition) is 5. The number of aromatic carboxylic acids is 1.